The summed E-state index contributed by atoms with van der Waals surface area (Å²) in [4.78, 5) is 5.10. The van der Waals surface area contributed by atoms with Crippen LogP contribution in [0.2, 0.25) is 0 Å². The molecule has 2 aliphatic heterocycles. The molecule has 2 unspecified atom stereocenters. The number of likely N-dealkylation sites (tertiary alicyclic amines) is 1. The average molecular weight is 241 g/mol. The summed E-state index contributed by atoms with van der Waals surface area (Å²) < 4.78 is 5.37. The standard InChI is InChI=1S/C13H27N3O/c1-2-12-11-16(4-3-13(12)14)6-5-15-7-9-17-10-8-15/h12-13H,2-11,14H2,1H3. The van der Waals surface area contributed by atoms with Crippen molar-refractivity contribution in [2.45, 2.75) is 25.8 Å². The van der Waals surface area contributed by atoms with Crippen molar-refractivity contribution in [1.29, 1.82) is 0 Å². The van der Waals surface area contributed by atoms with Crippen molar-refractivity contribution in [3.8, 4) is 0 Å². The first-order valence-corrected chi connectivity index (χ1v) is 7.07. The highest BCUT2D eigenvalue weighted by atomic mass is 16.5. The average Bonchev–Trinajstić information content (AvgIpc) is 2.39. The van der Waals surface area contributed by atoms with Crippen LogP contribution in [0.4, 0.5) is 0 Å². The Morgan fingerprint density at radius 1 is 1.12 bits per heavy atom. The minimum atomic E-state index is 0.430. The molecule has 0 aromatic carbocycles. The molecule has 17 heavy (non-hydrogen) atoms. The van der Waals surface area contributed by atoms with E-state index in [1.165, 1.54) is 39.0 Å². The molecule has 2 rings (SSSR count). The molecule has 2 N–H and O–H groups in total. The molecular formula is C13H27N3O. The molecular weight excluding hydrogens is 214 g/mol. The highest BCUT2D eigenvalue weighted by Crippen LogP contribution is 2.18. The third-order valence-corrected chi connectivity index (χ3v) is 4.24. The van der Waals surface area contributed by atoms with Crippen molar-refractivity contribution in [3.05, 3.63) is 0 Å². The van der Waals surface area contributed by atoms with E-state index in [1.54, 1.807) is 0 Å². The molecule has 2 aliphatic rings. The third-order valence-electron chi connectivity index (χ3n) is 4.24. The number of piperidine rings is 1. The van der Waals surface area contributed by atoms with Gasteiger partial charge in [-0.25, -0.2) is 0 Å². The zero-order valence-electron chi connectivity index (χ0n) is 11.1. The fraction of sp³-hybridized carbons (Fsp3) is 1.00. The summed E-state index contributed by atoms with van der Waals surface area (Å²) in [6.45, 7) is 11.0. The SMILES string of the molecule is CCC1CN(CCN2CCOCC2)CCC1N. The van der Waals surface area contributed by atoms with Gasteiger partial charge in [-0.15, -0.1) is 0 Å². The molecule has 0 amide bonds. The number of morpholine rings is 1. The number of nitrogens with zero attached hydrogens (tertiary/aromatic N) is 2. The minimum absolute atomic E-state index is 0.430. The fourth-order valence-electron chi connectivity index (χ4n) is 2.87. The van der Waals surface area contributed by atoms with Crippen molar-refractivity contribution < 1.29 is 4.74 Å². The predicted molar refractivity (Wildman–Crippen MR) is 70.1 cm³/mol. The first-order chi connectivity index (χ1) is 8.29. The lowest BCUT2D eigenvalue weighted by molar-refractivity contribution is 0.0301. The van der Waals surface area contributed by atoms with Crippen LogP contribution in [0.3, 0.4) is 0 Å². The first kappa shape index (κ1) is 13.3. The Bertz CT molecular complexity index is 219. The van der Waals surface area contributed by atoms with Crippen LogP contribution in [-0.2, 0) is 4.74 Å². The molecule has 2 heterocycles. The van der Waals surface area contributed by atoms with E-state index in [0.29, 0.717) is 12.0 Å². The van der Waals surface area contributed by atoms with Gasteiger partial charge in [-0.3, -0.25) is 4.90 Å². The van der Waals surface area contributed by atoms with Gasteiger partial charge in [0.1, 0.15) is 0 Å². The van der Waals surface area contributed by atoms with Crippen LogP contribution >= 0.6 is 0 Å². The van der Waals surface area contributed by atoms with Gasteiger partial charge in [-0.05, 0) is 18.9 Å². The van der Waals surface area contributed by atoms with Crippen LogP contribution in [0.25, 0.3) is 0 Å². The number of nitrogens with two attached hydrogens (primary N) is 1. The second kappa shape index (κ2) is 6.69. The van der Waals surface area contributed by atoms with Gasteiger partial charge in [0.05, 0.1) is 13.2 Å². The topological polar surface area (TPSA) is 41.7 Å². The van der Waals surface area contributed by atoms with Gasteiger partial charge in [0, 0.05) is 38.8 Å². The molecule has 2 fully saturated rings. The maximum atomic E-state index is 6.14. The van der Waals surface area contributed by atoms with Gasteiger partial charge in [0.25, 0.3) is 0 Å². The summed E-state index contributed by atoms with van der Waals surface area (Å²) in [6.07, 6.45) is 2.39. The Morgan fingerprint density at radius 2 is 1.82 bits per heavy atom. The molecule has 0 aliphatic carbocycles. The van der Waals surface area contributed by atoms with Crippen LogP contribution < -0.4 is 5.73 Å². The van der Waals surface area contributed by atoms with E-state index >= 15 is 0 Å². The molecule has 2 saturated heterocycles. The van der Waals surface area contributed by atoms with E-state index in [2.05, 4.69) is 16.7 Å². The van der Waals surface area contributed by atoms with Crippen LogP contribution in [0.15, 0.2) is 0 Å². The van der Waals surface area contributed by atoms with Crippen molar-refractivity contribution in [3.63, 3.8) is 0 Å². The highest BCUT2D eigenvalue weighted by molar-refractivity contribution is 4.82. The first-order valence-electron chi connectivity index (χ1n) is 7.07. The Hall–Kier alpha value is -0.160. The number of rotatable bonds is 4. The lowest BCUT2D eigenvalue weighted by atomic mass is 9.91. The smallest absolute Gasteiger partial charge is 0.0594 e. The van der Waals surface area contributed by atoms with Crippen molar-refractivity contribution in [2.24, 2.45) is 11.7 Å². The number of hydrogen-bond acceptors (Lipinski definition) is 4. The molecule has 0 bridgehead atoms. The van der Waals surface area contributed by atoms with E-state index in [1.807, 2.05) is 0 Å². The molecule has 0 saturated carbocycles. The Kier molecular flexibility index (Phi) is 5.22. The highest BCUT2D eigenvalue weighted by Gasteiger charge is 2.25. The van der Waals surface area contributed by atoms with Gasteiger partial charge in [-0.2, -0.15) is 0 Å². The molecule has 2 atom stereocenters. The fourth-order valence-corrected chi connectivity index (χ4v) is 2.87. The van der Waals surface area contributed by atoms with Crippen molar-refractivity contribution in [1.82, 2.24) is 9.80 Å². The molecule has 4 heteroatoms. The summed E-state index contributed by atoms with van der Waals surface area (Å²) in [5, 5.41) is 0. The molecule has 100 valence electrons. The molecule has 4 nitrogen and oxygen atoms in total. The summed E-state index contributed by atoms with van der Waals surface area (Å²) in [6, 6.07) is 0.430. The van der Waals surface area contributed by atoms with E-state index in [4.69, 9.17) is 10.5 Å². The van der Waals surface area contributed by atoms with E-state index < -0.39 is 0 Å². The van der Waals surface area contributed by atoms with Gasteiger partial charge in [-0.1, -0.05) is 13.3 Å². The quantitative estimate of drug-likeness (QED) is 0.772. The van der Waals surface area contributed by atoms with Crippen LogP contribution in [0.1, 0.15) is 19.8 Å². The molecule has 0 aromatic heterocycles. The lowest BCUT2D eigenvalue weighted by Gasteiger charge is -2.38. The van der Waals surface area contributed by atoms with E-state index in [9.17, 15) is 0 Å². The van der Waals surface area contributed by atoms with Crippen molar-refractivity contribution >= 4 is 0 Å². The zero-order valence-corrected chi connectivity index (χ0v) is 11.1. The second-order valence-corrected chi connectivity index (χ2v) is 5.38. The summed E-state index contributed by atoms with van der Waals surface area (Å²) >= 11 is 0. The van der Waals surface area contributed by atoms with Gasteiger partial charge >= 0.3 is 0 Å². The largest absolute Gasteiger partial charge is 0.379 e. The molecule has 0 radical (unpaired) electrons. The van der Waals surface area contributed by atoms with Crippen LogP contribution in [0, 0.1) is 5.92 Å². The van der Waals surface area contributed by atoms with Gasteiger partial charge < -0.3 is 15.4 Å². The zero-order chi connectivity index (χ0) is 12.1. The van der Waals surface area contributed by atoms with Crippen molar-refractivity contribution in [2.75, 3.05) is 52.5 Å². The Morgan fingerprint density at radius 3 is 2.53 bits per heavy atom. The second-order valence-electron chi connectivity index (χ2n) is 5.38. The lowest BCUT2D eigenvalue weighted by Crippen LogP contribution is -2.49. The van der Waals surface area contributed by atoms with Crippen LogP contribution in [0.5, 0.6) is 0 Å². The third kappa shape index (κ3) is 3.91. The Balaban J connectivity index is 1.68. The summed E-state index contributed by atoms with van der Waals surface area (Å²) in [5.41, 5.74) is 6.14. The maximum absolute atomic E-state index is 6.14. The summed E-state index contributed by atoms with van der Waals surface area (Å²) in [5.74, 6) is 0.702. The monoisotopic (exact) mass is 241 g/mol. The number of hydrogen-bond donors (Lipinski definition) is 1. The van der Waals surface area contributed by atoms with E-state index in [0.717, 1.165) is 26.3 Å². The predicted octanol–water partition coefficient (Wildman–Crippen LogP) is 0.378. The maximum Gasteiger partial charge on any atom is 0.0594 e. The van der Waals surface area contributed by atoms with Gasteiger partial charge in [0.2, 0.25) is 0 Å². The van der Waals surface area contributed by atoms with Gasteiger partial charge in [0.15, 0.2) is 0 Å². The van der Waals surface area contributed by atoms with Crippen LogP contribution in [-0.4, -0.2) is 68.3 Å². The normalized spacial score (nSPS) is 32.8. The number of ether oxygens (including phenoxy) is 1. The Labute approximate surface area is 105 Å². The summed E-state index contributed by atoms with van der Waals surface area (Å²) in [7, 11) is 0. The van der Waals surface area contributed by atoms with E-state index in [-0.39, 0.29) is 0 Å². The molecule has 0 aromatic rings. The minimum Gasteiger partial charge on any atom is -0.379 e. The molecule has 0 spiro atoms.